The van der Waals surface area contributed by atoms with Gasteiger partial charge in [0.25, 0.3) is 5.91 Å². The number of carbonyl (C=O) groups excluding carboxylic acids is 1. The average molecular weight is 293 g/mol. The largest absolute Gasteiger partial charge is 0.474 e. The number of benzene rings is 1. The van der Waals surface area contributed by atoms with E-state index in [1.807, 2.05) is 13.8 Å². The molecule has 0 bridgehead atoms. The van der Waals surface area contributed by atoms with Gasteiger partial charge in [-0.05, 0) is 32.0 Å². The number of halogens is 2. The van der Waals surface area contributed by atoms with Crippen molar-refractivity contribution in [3.8, 4) is 5.88 Å². The first-order valence-corrected chi connectivity index (χ1v) is 6.23. The Morgan fingerprint density at radius 3 is 2.33 bits per heavy atom. The normalized spacial score (nSPS) is 10.5. The summed E-state index contributed by atoms with van der Waals surface area (Å²) in [7, 11) is 0. The van der Waals surface area contributed by atoms with Gasteiger partial charge in [-0.15, -0.1) is 10.2 Å². The van der Waals surface area contributed by atoms with Crippen LogP contribution in [-0.2, 0) is 0 Å². The summed E-state index contributed by atoms with van der Waals surface area (Å²) in [6.45, 7) is 3.66. The van der Waals surface area contributed by atoms with Crippen molar-refractivity contribution in [1.82, 2.24) is 10.2 Å². The molecule has 5 nitrogen and oxygen atoms in total. The molecule has 1 heterocycles. The molecule has 110 valence electrons. The van der Waals surface area contributed by atoms with Gasteiger partial charge in [0.05, 0.1) is 6.10 Å². The molecule has 0 atom stereocenters. The minimum absolute atomic E-state index is 0.0627. The van der Waals surface area contributed by atoms with Crippen molar-refractivity contribution in [2.45, 2.75) is 20.0 Å². The standard InChI is InChI=1S/C14H13F2N3O2/c1-8(2)21-12-7-6-11(18-19-12)17-14(20)13-9(15)4-3-5-10(13)16/h3-8H,1-2H3,(H,17,18,20). The first-order chi connectivity index (χ1) is 9.97. The molecule has 1 N–H and O–H groups in total. The highest BCUT2D eigenvalue weighted by Gasteiger charge is 2.17. The summed E-state index contributed by atoms with van der Waals surface area (Å²) in [5, 5.41) is 9.71. The second-order valence-corrected chi connectivity index (χ2v) is 4.47. The van der Waals surface area contributed by atoms with Gasteiger partial charge in [0.2, 0.25) is 5.88 Å². The lowest BCUT2D eigenvalue weighted by Crippen LogP contribution is -2.17. The summed E-state index contributed by atoms with van der Waals surface area (Å²) in [5.74, 6) is -2.46. The van der Waals surface area contributed by atoms with Gasteiger partial charge in [0.1, 0.15) is 17.2 Å². The van der Waals surface area contributed by atoms with E-state index in [-0.39, 0.29) is 11.9 Å². The maximum Gasteiger partial charge on any atom is 0.262 e. The smallest absolute Gasteiger partial charge is 0.262 e. The molecule has 1 aromatic carbocycles. The second-order valence-electron chi connectivity index (χ2n) is 4.47. The van der Waals surface area contributed by atoms with Crippen molar-refractivity contribution in [2.24, 2.45) is 0 Å². The van der Waals surface area contributed by atoms with Crippen LogP contribution in [0.3, 0.4) is 0 Å². The van der Waals surface area contributed by atoms with Crippen LogP contribution >= 0.6 is 0 Å². The van der Waals surface area contributed by atoms with E-state index in [1.54, 1.807) is 0 Å². The number of rotatable bonds is 4. The Labute approximate surface area is 120 Å². The van der Waals surface area contributed by atoms with Crippen molar-refractivity contribution < 1.29 is 18.3 Å². The lowest BCUT2D eigenvalue weighted by atomic mass is 10.2. The summed E-state index contributed by atoms with van der Waals surface area (Å²) >= 11 is 0. The second kappa shape index (κ2) is 6.25. The first kappa shape index (κ1) is 14.8. The number of carbonyl (C=O) groups is 1. The molecule has 21 heavy (non-hydrogen) atoms. The fraction of sp³-hybridized carbons (Fsp3) is 0.214. The Bertz CT molecular complexity index is 625. The Balaban J connectivity index is 2.13. The number of aromatic nitrogens is 2. The van der Waals surface area contributed by atoms with Crippen LogP contribution < -0.4 is 10.1 Å². The van der Waals surface area contributed by atoms with E-state index in [9.17, 15) is 13.6 Å². The van der Waals surface area contributed by atoms with Crippen LogP contribution in [0.5, 0.6) is 5.88 Å². The number of ether oxygens (including phenoxy) is 1. The van der Waals surface area contributed by atoms with Gasteiger partial charge < -0.3 is 10.1 Å². The number of nitrogens with zero attached hydrogens (tertiary/aromatic N) is 2. The highest BCUT2D eigenvalue weighted by molar-refractivity contribution is 6.04. The van der Waals surface area contributed by atoms with Crippen LogP contribution in [0.15, 0.2) is 30.3 Å². The molecular formula is C14H13F2N3O2. The molecule has 1 amide bonds. The lowest BCUT2D eigenvalue weighted by molar-refractivity contribution is 0.101. The molecule has 0 saturated heterocycles. The summed E-state index contributed by atoms with van der Waals surface area (Å²) in [6.07, 6.45) is -0.0627. The van der Waals surface area contributed by atoms with E-state index < -0.39 is 23.1 Å². The van der Waals surface area contributed by atoms with Gasteiger partial charge in [0.15, 0.2) is 5.82 Å². The predicted octanol–water partition coefficient (Wildman–Crippen LogP) is 2.79. The summed E-state index contributed by atoms with van der Waals surface area (Å²) < 4.78 is 32.2. The van der Waals surface area contributed by atoms with Gasteiger partial charge in [0, 0.05) is 6.07 Å². The molecule has 0 fully saturated rings. The fourth-order valence-corrected chi connectivity index (χ4v) is 1.58. The van der Waals surface area contributed by atoms with Crippen molar-refractivity contribution in [2.75, 3.05) is 5.32 Å². The highest BCUT2D eigenvalue weighted by atomic mass is 19.1. The number of nitrogens with one attached hydrogen (secondary N) is 1. The van der Waals surface area contributed by atoms with E-state index in [2.05, 4.69) is 15.5 Å². The van der Waals surface area contributed by atoms with Crippen LogP contribution in [0.4, 0.5) is 14.6 Å². The average Bonchev–Trinajstić information content (AvgIpc) is 2.40. The van der Waals surface area contributed by atoms with E-state index >= 15 is 0 Å². The van der Waals surface area contributed by atoms with Gasteiger partial charge in [-0.3, -0.25) is 4.79 Å². The minimum atomic E-state index is -0.944. The molecule has 2 rings (SSSR count). The Morgan fingerprint density at radius 2 is 1.81 bits per heavy atom. The van der Waals surface area contributed by atoms with Crippen LogP contribution in [0.2, 0.25) is 0 Å². The van der Waals surface area contributed by atoms with E-state index in [0.717, 1.165) is 12.1 Å². The molecule has 0 saturated carbocycles. The Kier molecular flexibility index (Phi) is 4.42. The molecule has 1 aromatic heterocycles. The zero-order valence-corrected chi connectivity index (χ0v) is 11.4. The molecule has 0 aliphatic heterocycles. The van der Waals surface area contributed by atoms with Crippen molar-refractivity contribution in [3.05, 3.63) is 47.5 Å². The zero-order chi connectivity index (χ0) is 15.4. The van der Waals surface area contributed by atoms with E-state index in [1.165, 1.54) is 18.2 Å². The van der Waals surface area contributed by atoms with Gasteiger partial charge >= 0.3 is 0 Å². The number of amides is 1. The van der Waals surface area contributed by atoms with Gasteiger partial charge in [-0.1, -0.05) is 6.07 Å². The maximum absolute atomic E-state index is 13.5. The van der Waals surface area contributed by atoms with E-state index in [4.69, 9.17) is 4.74 Å². The van der Waals surface area contributed by atoms with E-state index in [0.29, 0.717) is 5.88 Å². The molecule has 0 unspecified atom stereocenters. The molecular weight excluding hydrogens is 280 g/mol. The molecule has 0 aliphatic rings. The number of hydrogen-bond acceptors (Lipinski definition) is 4. The Hall–Kier alpha value is -2.57. The summed E-state index contributed by atoms with van der Waals surface area (Å²) in [4.78, 5) is 11.8. The molecule has 0 spiro atoms. The first-order valence-electron chi connectivity index (χ1n) is 6.23. The monoisotopic (exact) mass is 293 g/mol. The van der Waals surface area contributed by atoms with Crippen molar-refractivity contribution in [3.63, 3.8) is 0 Å². The number of hydrogen-bond donors (Lipinski definition) is 1. The highest BCUT2D eigenvalue weighted by Crippen LogP contribution is 2.15. The molecule has 2 aromatic rings. The topological polar surface area (TPSA) is 64.1 Å². The van der Waals surface area contributed by atoms with Crippen LogP contribution in [0.1, 0.15) is 24.2 Å². The number of anilines is 1. The quantitative estimate of drug-likeness (QED) is 0.941. The van der Waals surface area contributed by atoms with Crippen LogP contribution in [0.25, 0.3) is 0 Å². The van der Waals surface area contributed by atoms with Crippen molar-refractivity contribution >= 4 is 11.7 Å². The third kappa shape index (κ3) is 3.71. The zero-order valence-electron chi connectivity index (χ0n) is 11.4. The molecule has 0 radical (unpaired) electrons. The summed E-state index contributed by atoms with van der Waals surface area (Å²) in [6, 6.07) is 6.12. The molecule has 0 aliphatic carbocycles. The third-order valence-corrected chi connectivity index (χ3v) is 2.43. The predicted molar refractivity (Wildman–Crippen MR) is 72.1 cm³/mol. The SMILES string of the molecule is CC(C)Oc1ccc(NC(=O)c2c(F)cccc2F)nn1. The molecule has 7 heteroatoms. The van der Waals surface area contributed by atoms with Crippen LogP contribution in [-0.4, -0.2) is 22.2 Å². The van der Waals surface area contributed by atoms with Crippen molar-refractivity contribution in [1.29, 1.82) is 0 Å². The summed E-state index contributed by atoms with van der Waals surface area (Å²) in [5.41, 5.74) is -0.665. The fourth-order valence-electron chi connectivity index (χ4n) is 1.58. The Morgan fingerprint density at radius 1 is 1.14 bits per heavy atom. The lowest BCUT2D eigenvalue weighted by Gasteiger charge is -2.09. The van der Waals surface area contributed by atoms with Gasteiger partial charge in [-0.25, -0.2) is 8.78 Å². The minimum Gasteiger partial charge on any atom is -0.474 e. The maximum atomic E-state index is 13.5. The third-order valence-electron chi connectivity index (χ3n) is 2.43. The van der Waals surface area contributed by atoms with Gasteiger partial charge in [-0.2, -0.15) is 0 Å². The van der Waals surface area contributed by atoms with Crippen LogP contribution in [0, 0.1) is 11.6 Å².